The highest BCUT2D eigenvalue weighted by Gasteiger charge is 2.17. The summed E-state index contributed by atoms with van der Waals surface area (Å²) in [7, 11) is 3.61. The van der Waals surface area contributed by atoms with Gasteiger partial charge in [0.1, 0.15) is 6.33 Å². The Morgan fingerprint density at radius 2 is 2.17 bits per heavy atom. The second-order valence-corrected chi connectivity index (χ2v) is 4.05. The highest BCUT2D eigenvalue weighted by atomic mass is 16.1. The molecular formula is C13H16N4O. The molecule has 0 aliphatic carbocycles. The van der Waals surface area contributed by atoms with Crippen molar-refractivity contribution in [1.82, 2.24) is 20.1 Å². The van der Waals surface area contributed by atoms with E-state index in [9.17, 15) is 4.79 Å². The highest BCUT2D eigenvalue weighted by molar-refractivity contribution is 6.07. The highest BCUT2D eigenvalue weighted by Crippen LogP contribution is 2.13. The fraction of sp³-hybridized carbons (Fsp3) is 0.308. The Kier molecular flexibility index (Phi) is 3.84. The van der Waals surface area contributed by atoms with Gasteiger partial charge in [-0.3, -0.25) is 4.79 Å². The molecule has 0 atom stereocenters. The maximum atomic E-state index is 12.4. The van der Waals surface area contributed by atoms with E-state index < -0.39 is 0 Å². The first-order valence-electron chi connectivity index (χ1n) is 5.85. The van der Waals surface area contributed by atoms with Crippen LogP contribution in [0.4, 0.5) is 0 Å². The minimum absolute atomic E-state index is 0.0818. The Hall–Kier alpha value is -2.01. The van der Waals surface area contributed by atoms with Gasteiger partial charge < -0.3 is 5.32 Å². The summed E-state index contributed by atoms with van der Waals surface area (Å²) in [5.41, 5.74) is 1.73. The number of likely N-dealkylation sites (N-methyl/N-ethyl adjacent to an activating group) is 1. The minimum Gasteiger partial charge on any atom is -0.319 e. The van der Waals surface area contributed by atoms with Crippen LogP contribution in [0.2, 0.25) is 0 Å². The minimum atomic E-state index is -0.0818. The van der Waals surface area contributed by atoms with Crippen LogP contribution >= 0.6 is 0 Å². The molecule has 1 N–H and O–H groups in total. The maximum Gasteiger partial charge on any atom is 0.230 e. The van der Waals surface area contributed by atoms with Crippen LogP contribution < -0.4 is 5.32 Å². The Morgan fingerprint density at radius 3 is 2.83 bits per heavy atom. The van der Waals surface area contributed by atoms with Gasteiger partial charge in [-0.05, 0) is 25.6 Å². The van der Waals surface area contributed by atoms with E-state index in [1.807, 2.05) is 31.3 Å². The third kappa shape index (κ3) is 2.46. The number of aromatic nitrogens is 3. The first-order chi connectivity index (χ1) is 8.74. The molecule has 0 spiro atoms. The average molecular weight is 244 g/mol. The van der Waals surface area contributed by atoms with E-state index in [1.165, 1.54) is 11.0 Å². The molecule has 0 saturated carbocycles. The second kappa shape index (κ2) is 5.55. The third-order valence-corrected chi connectivity index (χ3v) is 2.82. The van der Waals surface area contributed by atoms with Crippen molar-refractivity contribution in [2.45, 2.75) is 6.42 Å². The lowest BCUT2D eigenvalue weighted by molar-refractivity contribution is 0.102. The molecule has 0 unspecified atom stereocenters. The van der Waals surface area contributed by atoms with Gasteiger partial charge in [-0.25, -0.2) is 9.67 Å². The number of nitrogens with zero attached hydrogens (tertiary/aromatic N) is 3. The number of hydrogen-bond acceptors (Lipinski definition) is 4. The first kappa shape index (κ1) is 12.4. The number of ketones is 1. The number of aryl methyl sites for hydroxylation is 1. The lowest BCUT2D eigenvalue weighted by Crippen LogP contribution is -2.15. The van der Waals surface area contributed by atoms with E-state index in [1.54, 1.807) is 7.05 Å². The van der Waals surface area contributed by atoms with Crippen molar-refractivity contribution >= 4 is 5.78 Å². The van der Waals surface area contributed by atoms with Gasteiger partial charge in [-0.15, -0.1) is 0 Å². The molecule has 0 radical (unpaired) electrons. The van der Waals surface area contributed by atoms with Gasteiger partial charge in [0.2, 0.25) is 5.78 Å². The van der Waals surface area contributed by atoms with Crippen LogP contribution in [0.1, 0.15) is 21.7 Å². The number of nitrogens with one attached hydrogen (secondary N) is 1. The van der Waals surface area contributed by atoms with E-state index >= 15 is 0 Å². The summed E-state index contributed by atoms with van der Waals surface area (Å²) in [6.45, 7) is 0.836. The first-order valence-corrected chi connectivity index (χ1v) is 5.85. The molecule has 0 aliphatic rings. The van der Waals surface area contributed by atoms with Crippen molar-refractivity contribution in [3.05, 3.63) is 47.5 Å². The molecule has 1 aromatic carbocycles. The van der Waals surface area contributed by atoms with Crippen LogP contribution in [0, 0.1) is 0 Å². The summed E-state index contributed by atoms with van der Waals surface area (Å²) in [5.74, 6) is 0.286. The number of carbonyl (C=O) groups is 1. The lowest BCUT2D eigenvalue weighted by Gasteiger charge is -2.07. The van der Waals surface area contributed by atoms with E-state index in [2.05, 4.69) is 15.4 Å². The smallest absolute Gasteiger partial charge is 0.230 e. The van der Waals surface area contributed by atoms with E-state index in [0.29, 0.717) is 11.4 Å². The summed E-state index contributed by atoms with van der Waals surface area (Å²) in [6, 6.07) is 7.62. The van der Waals surface area contributed by atoms with Crippen LogP contribution in [0.3, 0.4) is 0 Å². The SMILES string of the molecule is CNCCc1ccccc1C(=O)c1ncnn1C. The van der Waals surface area contributed by atoms with Gasteiger partial charge in [-0.1, -0.05) is 24.3 Å². The van der Waals surface area contributed by atoms with E-state index in [0.717, 1.165) is 18.5 Å². The molecule has 18 heavy (non-hydrogen) atoms. The van der Waals surface area contributed by atoms with Gasteiger partial charge in [0.05, 0.1) is 0 Å². The lowest BCUT2D eigenvalue weighted by atomic mass is 10.0. The molecule has 0 fully saturated rings. The third-order valence-electron chi connectivity index (χ3n) is 2.82. The fourth-order valence-corrected chi connectivity index (χ4v) is 1.84. The van der Waals surface area contributed by atoms with Crippen molar-refractivity contribution in [3.8, 4) is 0 Å². The van der Waals surface area contributed by atoms with E-state index in [-0.39, 0.29) is 5.78 Å². The summed E-state index contributed by atoms with van der Waals surface area (Å²) >= 11 is 0. The van der Waals surface area contributed by atoms with Crippen LogP contribution in [-0.4, -0.2) is 34.1 Å². The molecule has 0 aliphatic heterocycles. The molecule has 1 aromatic heterocycles. The largest absolute Gasteiger partial charge is 0.319 e. The molecule has 5 heteroatoms. The van der Waals surface area contributed by atoms with E-state index in [4.69, 9.17) is 0 Å². The molecule has 0 amide bonds. The Labute approximate surface area is 106 Å². The van der Waals surface area contributed by atoms with Crippen molar-refractivity contribution in [2.24, 2.45) is 7.05 Å². The summed E-state index contributed by atoms with van der Waals surface area (Å²) in [6.07, 6.45) is 2.21. The predicted octanol–water partition coefficient (Wildman–Crippen LogP) is 0.808. The molecule has 0 saturated heterocycles. The quantitative estimate of drug-likeness (QED) is 0.791. The fourth-order valence-electron chi connectivity index (χ4n) is 1.84. The van der Waals surface area contributed by atoms with Gasteiger partial charge >= 0.3 is 0 Å². The molecule has 5 nitrogen and oxygen atoms in total. The molecule has 2 aromatic rings. The topological polar surface area (TPSA) is 59.8 Å². The van der Waals surface area contributed by atoms with Gasteiger partial charge in [0.25, 0.3) is 0 Å². The summed E-state index contributed by atoms with van der Waals surface area (Å²) < 4.78 is 1.50. The van der Waals surface area contributed by atoms with Crippen molar-refractivity contribution in [3.63, 3.8) is 0 Å². The zero-order valence-corrected chi connectivity index (χ0v) is 10.6. The van der Waals surface area contributed by atoms with Crippen molar-refractivity contribution in [1.29, 1.82) is 0 Å². The van der Waals surface area contributed by atoms with Crippen molar-refractivity contribution < 1.29 is 4.79 Å². The molecule has 94 valence electrons. The molecule has 1 heterocycles. The van der Waals surface area contributed by atoms with Crippen LogP contribution in [0.25, 0.3) is 0 Å². The average Bonchev–Trinajstić information content (AvgIpc) is 2.82. The van der Waals surface area contributed by atoms with Crippen LogP contribution in [-0.2, 0) is 13.5 Å². The van der Waals surface area contributed by atoms with Crippen molar-refractivity contribution in [2.75, 3.05) is 13.6 Å². The summed E-state index contributed by atoms with van der Waals surface area (Å²) in [5, 5.41) is 7.01. The Balaban J connectivity index is 2.33. The monoisotopic (exact) mass is 244 g/mol. The van der Waals surface area contributed by atoms with Gasteiger partial charge in [0.15, 0.2) is 5.82 Å². The molecule has 2 rings (SSSR count). The number of benzene rings is 1. The molecule has 0 bridgehead atoms. The number of carbonyl (C=O) groups excluding carboxylic acids is 1. The zero-order valence-electron chi connectivity index (χ0n) is 10.6. The standard InChI is InChI=1S/C13H16N4O/c1-14-8-7-10-5-3-4-6-11(10)12(18)13-15-9-16-17(13)2/h3-6,9,14H,7-8H2,1-2H3. The predicted molar refractivity (Wildman–Crippen MR) is 68.5 cm³/mol. The Bertz CT molecular complexity index is 547. The number of hydrogen-bond donors (Lipinski definition) is 1. The normalized spacial score (nSPS) is 10.6. The van der Waals surface area contributed by atoms with Crippen LogP contribution in [0.15, 0.2) is 30.6 Å². The van der Waals surface area contributed by atoms with Gasteiger partial charge in [-0.2, -0.15) is 5.10 Å². The second-order valence-electron chi connectivity index (χ2n) is 4.05. The Morgan fingerprint density at radius 1 is 1.39 bits per heavy atom. The molecular weight excluding hydrogens is 228 g/mol. The zero-order chi connectivity index (χ0) is 13.0. The van der Waals surface area contributed by atoms with Gasteiger partial charge in [0, 0.05) is 12.6 Å². The number of rotatable bonds is 5. The van der Waals surface area contributed by atoms with Crippen LogP contribution in [0.5, 0.6) is 0 Å². The summed E-state index contributed by atoms with van der Waals surface area (Å²) in [4.78, 5) is 16.4. The maximum absolute atomic E-state index is 12.4.